The largest absolute Gasteiger partial charge is 0.401 e. The second-order valence-corrected chi connectivity index (χ2v) is 6.44. The zero-order valence-corrected chi connectivity index (χ0v) is 13.1. The number of amides is 2. The van der Waals surface area contributed by atoms with E-state index in [2.05, 4.69) is 5.32 Å². The highest BCUT2D eigenvalue weighted by Crippen LogP contribution is 2.24. The number of nitrogens with one attached hydrogen (secondary N) is 1. The van der Waals surface area contributed by atoms with Gasteiger partial charge >= 0.3 is 12.2 Å². The fourth-order valence-corrected chi connectivity index (χ4v) is 3.00. The number of hydrogen-bond acceptors (Lipinski definition) is 3. The zero-order chi connectivity index (χ0) is 16.4. The van der Waals surface area contributed by atoms with Crippen LogP contribution in [0.25, 0.3) is 0 Å². The maximum atomic E-state index is 12.5. The third-order valence-electron chi connectivity index (χ3n) is 4.35. The molecule has 2 rings (SSSR count). The predicted octanol–water partition coefficient (Wildman–Crippen LogP) is 1.83. The van der Waals surface area contributed by atoms with Gasteiger partial charge in [0.1, 0.15) is 0 Å². The third kappa shape index (κ3) is 4.74. The van der Waals surface area contributed by atoms with Gasteiger partial charge in [0.15, 0.2) is 0 Å². The molecule has 0 radical (unpaired) electrons. The lowest BCUT2D eigenvalue weighted by Gasteiger charge is -2.40. The van der Waals surface area contributed by atoms with E-state index in [9.17, 15) is 18.0 Å². The molecule has 2 aliphatic rings. The molecule has 2 fully saturated rings. The summed E-state index contributed by atoms with van der Waals surface area (Å²) in [5.41, 5.74) is -0.320. The van der Waals surface area contributed by atoms with Gasteiger partial charge in [0, 0.05) is 38.8 Å². The van der Waals surface area contributed by atoms with Crippen molar-refractivity contribution >= 4 is 6.03 Å². The van der Waals surface area contributed by atoms with Crippen LogP contribution in [0.1, 0.15) is 26.7 Å². The van der Waals surface area contributed by atoms with Crippen molar-refractivity contribution in [3.05, 3.63) is 0 Å². The summed E-state index contributed by atoms with van der Waals surface area (Å²) in [6, 6.07) is -0.533. The van der Waals surface area contributed by atoms with Crippen molar-refractivity contribution in [2.24, 2.45) is 0 Å². The number of nitrogens with zero attached hydrogens (tertiary/aromatic N) is 2. The minimum Gasteiger partial charge on any atom is -0.373 e. The van der Waals surface area contributed by atoms with Crippen LogP contribution >= 0.6 is 0 Å². The molecule has 0 spiro atoms. The Labute approximate surface area is 128 Å². The first-order chi connectivity index (χ1) is 10.2. The molecular weight excluding hydrogens is 299 g/mol. The number of hydrogen-bond donors (Lipinski definition) is 1. The molecule has 2 heterocycles. The van der Waals surface area contributed by atoms with Crippen molar-refractivity contribution in [2.45, 2.75) is 44.5 Å². The van der Waals surface area contributed by atoms with E-state index in [0.29, 0.717) is 26.2 Å². The molecule has 8 heteroatoms. The molecule has 2 aliphatic heterocycles. The summed E-state index contributed by atoms with van der Waals surface area (Å²) in [6.45, 7) is 4.75. The summed E-state index contributed by atoms with van der Waals surface area (Å²) in [7, 11) is 0. The molecule has 2 amide bonds. The highest BCUT2D eigenvalue weighted by atomic mass is 19.4. The molecule has 0 aromatic heterocycles. The molecule has 1 N–H and O–H groups in total. The Morgan fingerprint density at radius 1 is 1.41 bits per heavy atom. The number of rotatable bonds is 3. The molecule has 2 atom stereocenters. The topological polar surface area (TPSA) is 44.8 Å². The fourth-order valence-electron chi connectivity index (χ4n) is 3.00. The van der Waals surface area contributed by atoms with Crippen LogP contribution in [0.15, 0.2) is 0 Å². The summed E-state index contributed by atoms with van der Waals surface area (Å²) in [4.78, 5) is 15.1. The van der Waals surface area contributed by atoms with E-state index in [1.165, 1.54) is 4.90 Å². The molecule has 22 heavy (non-hydrogen) atoms. The van der Waals surface area contributed by atoms with Gasteiger partial charge < -0.3 is 15.0 Å². The molecule has 0 bridgehead atoms. The summed E-state index contributed by atoms with van der Waals surface area (Å²) in [5, 5.41) is 2.84. The molecule has 0 unspecified atom stereocenters. The van der Waals surface area contributed by atoms with Gasteiger partial charge in [-0.3, -0.25) is 4.90 Å². The first kappa shape index (κ1) is 17.3. The van der Waals surface area contributed by atoms with E-state index >= 15 is 0 Å². The number of alkyl halides is 3. The first-order valence-electron chi connectivity index (χ1n) is 7.66. The molecule has 0 saturated carbocycles. The van der Waals surface area contributed by atoms with Crippen molar-refractivity contribution in [3.63, 3.8) is 0 Å². The van der Waals surface area contributed by atoms with Gasteiger partial charge in [-0.05, 0) is 26.7 Å². The minimum atomic E-state index is -4.20. The Kier molecular flexibility index (Phi) is 5.21. The van der Waals surface area contributed by atoms with Gasteiger partial charge in [0.25, 0.3) is 0 Å². The predicted molar refractivity (Wildman–Crippen MR) is 75.7 cm³/mol. The standard InChI is InChI=1S/C14H24F3N3O2/c1-11-8-19(5-6-20(11)10-14(15,16)17)12(21)18-9-13(2)4-3-7-22-13/h11H,3-10H2,1-2H3,(H,18,21)/t11-,13-/m0/s1. The summed E-state index contributed by atoms with van der Waals surface area (Å²) >= 11 is 0. The Morgan fingerprint density at radius 3 is 2.68 bits per heavy atom. The van der Waals surface area contributed by atoms with Crippen LogP contribution in [0.4, 0.5) is 18.0 Å². The van der Waals surface area contributed by atoms with Crippen LogP contribution in [0.5, 0.6) is 0 Å². The maximum Gasteiger partial charge on any atom is 0.401 e. The number of piperazine rings is 1. The smallest absolute Gasteiger partial charge is 0.373 e. The van der Waals surface area contributed by atoms with Crippen LogP contribution in [0.3, 0.4) is 0 Å². The average molecular weight is 323 g/mol. The summed E-state index contributed by atoms with van der Waals surface area (Å²) in [5.74, 6) is 0. The van der Waals surface area contributed by atoms with Crippen LogP contribution < -0.4 is 5.32 Å². The van der Waals surface area contributed by atoms with Gasteiger partial charge in [-0.15, -0.1) is 0 Å². The van der Waals surface area contributed by atoms with E-state index in [0.717, 1.165) is 12.8 Å². The zero-order valence-electron chi connectivity index (χ0n) is 13.1. The molecule has 0 aromatic carbocycles. The average Bonchev–Trinajstić information content (AvgIpc) is 2.84. The molecular formula is C14H24F3N3O2. The van der Waals surface area contributed by atoms with Gasteiger partial charge in [-0.2, -0.15) is 13.2 Å². The minimum absolute atomic E-state index is 0.227. The first-order valence-corrected chi connectivity index (χ1v) is 7.66. The molecule has 2 saturated heterocycles. The normalized spacial score (nSPS) is 30.6. The van der Waals surface area contributed by atoms with E-state index < -0.39 is 12.7 Å². The number of ether oxygens (including phenoxy) is 1. The Morgan fingerprint density at radius 2 is 2.14 bits per heavy atom. The van der Waals surface area contributed by atoms with Gasteiger partial charge in [-0.25, -0.2) is 4.79 Å². The van der Waals surface area contributed by atoms with Gasteiger partial charge in [0.05, 0.1) is 12.1 Å². The number of carbonyl (C=O) groups excluding carboxylic acids is 1. The lowest BCUT2D eigenvalue weighted by molar-refractivity contribution is -0.153. The van der Waals surface area contributed by atoms with Crippen LogP contribution in [0.2, 0.25) is 0 Å². The lowest BCUT2D eigenvalue weighted by atomic mass is 10.0. The van der Waals surface area contributed by atoms with Crippen molar-refractivity contribution in [2.75, 3.05) is 39.3 Å². The molecule has 0 aliphatic carbocycles. The van der Waals surface area contributed by atoms with Crippen LogP contribution in [-0.4, -0.2) is 73.0 Å². The van der Waals surface area contributed by atoms with Crippen LogP contribution in [-0.2, 0) is 4.74 Å². The maximum absolute atomic E-state index is 12.5. The summed E-state index contributed by atoms with van der Waals surface area (Å²) < 4.78 is 43.0. The number of halogens is 3. The number of urea groups is 1. The molecule has 0 aromatic rings. The van der Waals surface area contributed by atoms with E-state index in [1.54, 1.807) is 11.8 Å². The van der Waals surface area contributed by atoms with E-state index in [4.69, 9.17) is 4.74 Å². The van der Waals surface area contributed by atoms with E-state index in [-0.39, 0.29) is 24.2 Å². The van der Waals surface area contributed by atoms with Crippen molar-refractivity contribution in [3.8, 4) is 0 Å². The molecule has 5 nitrogen and oxygen atoms in total. The van der Waals surface area contributed by atoms with Crippen LogP contribution in [0, 0.1) is 0 Å². The van der Waals surface area contributed by atoms with Crippen molar-refractivity contribution in [1.82, 2.24) is 15.1 Å². The van der Waals surface area contributed by atoms with Crippen molar-refractivity contribution < 1.29 is 22.7 Å². The number of carbonyl (C=O) groups is 1. The second-order valence-electron chi connectivity index (χ2n) is 6.44. The van der Waals surface area contributed by atoms with Crippen molar-refractivity contribution in [1.29, 1.82) is 0 Å². The highest BCUT2D eigenvalue weighted by molar-refractivity contribution is 5.74. The second kappa shape index (κ2) is 6.62. The lowest BCUT2D eigenvalue weighted by Crippen LogP contribution is -2.58. The summed E-state index contributed by atoms with van der Waals surface area (Å²) in [6.07, 6.45) is -2.31. The third-order valence-corrected chi connectivity index (χ3v) is 4.35. The Hall–Kier alpha value is -1.02. The van der Waals surface area contributed by atoms with Gasteiger partial charge in [-0.1, -0.05) is 0 Å². The Balaban J connectivity index is 1.78. The Bertz CT molecular complexity index is 397. The molecule has 128 valence electrons. The highest BCUT2D eigenvalue weighted by Gasteiger charge is 2.36. The van der Waals surface area contributed by atoms with E-state index in [1.807, 2.05) is 6.92 Å². The SMILES string of the molecule is C[C@H]1CN(C(=O)NC[C@]2(C)CCCO2)CCN1CC(F)(F)F. The monoisotopic (exact) mass is 323 g/mol. The van der Waals surface area contributed by atoms with Gasteiger partial charge in [0.2, 0.25) is 0 Å². The quantitative estimate of drug-likeness (QED) is 0.862. The fraction of sp³-hybridized carbons (Fsp3) is 0.929.